The van der Waals surface area contributed by atoms with Crippen molar-refractivity contribution in [1.82, 2.24) is 4.31 Å². The molecular weight excluding hydrogens is 426 g/mol. The highest BCUT2D eigenvalue weighted by Gasteiger charge is 2.24. The fourth-order valence-electron chi connectivity index (χ4n) is 3.86. The number of nitrogens with one attached hydrogen (secondary N) is 1. The molecule has 1 N–H and O–H groups in total. The van der Waals surface area contributed by atoms with Crippen LogP contribution in [-0.4, -0.2) is 58.0 Å². The van der Waals surface area contributed by atoms with Crippen molar-refractivity contribution >= 4 is 27.3 Å². The molecule has 0 saturated carbocycles. The normalized spacial score (nSPS) is 14.6. The zero-order valence-electron chi connectivity index (χ0n) is 19.3. The number of sulfonamides is 1. The number of hydrogen-bond donors (Lipinski definition) is 1. The van der Waals surface area contributed by atoms with Gasteiger partial charge in [0.2, 0.25) is 15.9 Å². The van der Waals surface area contributed by atoms with Gasteiger partial charge < -0.3 is 15.0 Å². The Bertz CT molecular complexity index is 1060. The number of benzene rings is 2. The SMILES string of the molecule is CCN(CC)S(=O)(=O)c1ccc(N2CCOCC2)c(NC(=O)Cc2ccc(C)c(C)c2)c1. The van der Waals surface area contributed by atoms with Gasteiger partial charge in [-0.2, -0.15) is 4.31 Å². The van der Waals surface area contributed by atoms with E-state index >= 15 is 0 Å². The first kappa shape index (κ1) is 24.2. The first-order chi connectivity index (χ1) is 15.3. The predicted molar refractivity (Wildman–Crippen MR) is 128 cm³/mol. The summed E-state index contributed by atoms with van der Waals surface area (Å²) in [6.45, 7) is 11.0. The summed E-state index contributed by atoms with van der Waals surface area (Å²) in [6.07, 6.45) is 0.219. The lowest BCUT2D eigenvalue weighted by Gasteiger charge is -2.31. The lowest BCUT2D eigenvalue weighted by Crippen LogP contribution is -2.37. The van der Waals surface area contributed by atoms with E-state index in [2.05, 4.69) is 10.2 Å². The molecule has 1 saturated heterocycles. The Hall–Kier alpha value is -2.42. The maximum atomic E-state index is 13.1. The molecule has 1 aliphatic heterocycles. The van der Waals surface area contributed by atoms with E-state index in [-0.39, 0.29) is 17.2 Å². The summed E-state index contributed by atoms with van der Waals surface area (Å²) >= 11 is 0. The molecule has 32 heavy (non-hydrogen) atoms. The van der Waals surface area contributed by atoms with Crippen LogP contribution in [0.1, 0.15) is 30.5 Å². The van der Waals surface area contributed by atoms with E-state index < -0.39 is 10.0 Å². The van der Waals surface area contributed by atoms with Crippen LogP contribution >= 0.6 is 0 Å². The molecule has 7 nitrogen and oxygen atoms in total. The molecule has 1 aliphatic rings. The number of ether oxygens (including phenoxy) is 1. The number of morpholine rings is 1. The minimum absolute atomic E-state index is 0.180. The van der Waals surface area contributed by atoms with Crippen molar-refractivity contribution in [2.75, 3.05) is 49.6 Å². The van der Waals surface area contributed by atoms with Gasteiger partial charge in [0, 0.05) is 26.2 Å². The Kier molecular flexibility index (Phi) is 7.92. The Morgan fingerprint density at radius 2 is 1.72 bits per heavy atom. The molecule has 3 rings (SSSR count). The number of hydrogen-bond acceptors (Lipinski definition) is 5. The Morgan fingerprint density at radius 3 is 2.34 bits per heavy atom. The molecule has 0 aliphatic carbocycles. The van der Waals surface area contributed by atoms with E-state index in [4.69, 9.17) is 4.74 Å². The second-order valence-corrected chi connectivity index (χ2v) is 9.95. The number of carbonyl (C=O) groups excluding carboxylic acids is 1. The van der Waals surface area contributed by atoms with Crippen molar-refractivity contribution in [1.29, 1.82) is 0 Å². The van der Waals surface area contributed by atoms with Crippen molar-refractivity contribution in [3.63, 3.8) is 0 Å². The number of nitrogens with zero attached hydrogens (tertiary/aromatic N) is 2. The average Bonchev–Trinajstić information content (AvgIpc) is 2.77. The minimum Gasteiger partial charge on any atom is -0.378 e. The first-order valence-electron chi connectivity index (χ1n) is 11.1. The number of anilines is 2. The van der Waals surface area contributed by atoms with Crippen LogP contribution < -0.4 is 10.2 Å². The summed E-state index contributed by atoms with van der Waals surface area (Å²) in [5.74, 6) is -0.180. The van der Waals surface area contributed by atoms with Crippen LogP contribution in [0.15, 0.2) is 41.3 Å². The summed E-state index contributed by atoms with van der Waals surface area (Å²) in [5.41, 5.74) is 4.55. The maximum Gasteiger partial charge on any atom is 0.243 e. The van der Waals surface area contributed by atoms with E-state index in [9.17, 15) is 13.2 Å². The molecule has 2 aromatic carbocycles. The summed E-state index contributed by atoms with van der Waals surface area (Å²) in [5, 5.41) is 2.97. The standard InChI is InChI=1S/C24H33N3O4S/c1-5-27(6-2)32(29,30)21-9-10-23(26-11-13-31-14-12-26)22(17-21)25-24(28)16-20-8-7-18(3)19(4)15-20/h7-10,15,17H,5-6,11-14,16H2,1-4H3,(H,25,28). The molecule has 8 heteroatoms. The maximum absolute atomic E-state index is 13.1. The number of amides is 1. The summed E-state index contributed by atoms with van der Waals surface area (Å²) in [7, 11) is -3.64. The summed E-state index contributed by atoms with van der Waals surface area (Å²) < 4.78 is 33.0. The van der Waals surface area contributed by atoms with E-state index in [1.54, 1.807) is 18.2 Å². The van der Waals surface area contributed by atoms with Gasteiger partial charge in [-0.3, -0.25) is 4.79 Å². The molecular formula is C24H33N3O4S. The highest BCUT2D eigenvalue weighted by molar-refractivity contribution is 7.89. The molecule has 0 unspecified atom stereocenters. The van der Waals surface area contributed by atoms with E-state index in [0.29, 0.717) is 45.1 Å². The minimum atomic E-state index is -3.64. The van der Waals surface area contributed by atoms with Gasteiger partial charge in [0.05, 0.1) is 35.9 Å². The second kappa shape index (κ2) is 10.5. The van der Waals surface area contributed by atoms with Gasteiger partial charge in [-0.05, 0) is 48.7 Å². The van der Waals surface area contributed by atoms with Crippen LogP contribution in [0.3, 0.4) is 0 Å². The zero-order valence-corrected chi connectivity index (χ0v) is 20.2. The Morgan fingerprint density at radius 1 is 1.03 bits per heavy atom. The monoisotopic (exact) mass is 459 g/mol. The lowest BCUT2D eigenvalue weighted by molar-refractivity contribution is -0.115. The molecule has 0 bridgehead atoms. The Balaban J connectivity index is 1.92. The van der Waals surface area contributed by atoms with Gasteiger partial charge in [0.1, 0.15) is 0 Å². The predicted octanol–water partition coefficient (Wildman–Crippen LogP) is 3.35. The van der Waals surface area contributed by atoms with Gasteiger partial charge in [-0.15, -0.1) is 0 Å². The molecule has 174 valence electrons. The fraction of sp³-hybridized carbons (Fsp3) is 0.458. The third-order valence-electron chi connectivity index (χ3n) is 5.87. The van der Waals surface area contributed by atoms with E-state index in [1.807, 2.05) is 45.9 Å². The topological polar surface area (TPSA) is 79.0 Å². The number of carbonyl (C=O) groups is 1. The van der Waals surface area contributed by atoms with Crippen molar-refractivity contribution < 1.29 is 17.9 Å². The molecule has 1 heterocycles. The fourth-order valence-corrected chi connectivity index (χ4v) is 5.35. The van der Waals surface area contributed by atoms with E-state index in [0.717, 1.165) is 16.8 Å². The van der Waals surface area contributed by atoms with Gasteiger partial charge in [-0.1, -0.05) is 32.0 Å². The highest BCUT2D eigenvalue weighted by atomic mass is 32.2. The third kappa shape index (κ3) is 5.49. The van der Waals surface area contributed by atoms with Gasteiger partial charge >= 0.3 is 0 Å². The van der Waals surface area contributed by atoms with Crippen LogP contribution in [0.25, 0.3) is 0 Å². The summed E-state index contributed by atoms with van der Waals surface area (Å²) in [6, 6.07) is 11.0. The van der Waals surface area contributed by atoms with Crippen LogP contribution in [0.5, 0.6) is 0 Å². The summed E-state index contributed by atoms with van der Waals surface area (Å²) in [4.78, 5) is 15.2. The lowest BCUT2D eigenvalue weighted by atomic mass is 10.0. The number of rotatable bonds is 8. The molecule has 0 radical (unpaired) electrons. The first-order valence-corrected chi connectivity index (χ1v) is 12.5. The van der Waals surface area contributed by atoms with Crippen molar-refractivity contribution in [3.8, 4) is 0 Å². The van der Waals surface area contributed by atoms with Crippen LogP contribution in [0.4, 0.5) is 11.4 Å². The van der Waals surface area contributed by atoms with Crippen molar-refractivity contribution in [2.45, 2.75) is 39.0 Å². The van der Waals surface area contributed by atoms with Gasteiger partial charge in [0.25, 0.3) is 0 Å². The molecule has 0 aromatic heterocycles. The molecule has 1 amide bonds. The molecule has 0 atom stereocenters. The zero-order chi connectivity index (χ0) is 23.3. The Labute approximate surface area is 191 Å². The second-order valence-electron chi connectivity index (χ2n) is 8.01. The molecule has 0 spiro atoms. The third-order valence-corrected chi connectivity index (χ3v) is 7.92. The van der Waals surface area contributed by atoms with E-state index in [1.165, 1.54) is 9.87 Å². The largest absolute Gasteiger partial charge is 0.378 e. The van der Waals surface area contributed by atoms with Crippen LogP contribution in [0, 0.1) is 13.8 Å². The van der Waals surface area contributed by atoms with Crippen molar-refractivity contribution in [3.05, 3.63) is 53.1 Å². The average molecular weight is 460 g/mol. The quantitative estimate of drug-likeness (QED) is 0.655. The van der Waals surface area contributed by atoms with Crippen LogP contribution in [0.2, 0.25) is 0 Å². The molecule has 2 aromatic rings. The van der Waals surface area contributed by atoms with Gasteiger partial charge in [0.15, 0.2) is 0 Å². The highest BCUT2D eigenvalue weighted by Crippen LogP contribution is 2.31. The smallest absolute Gasteiger partial charge is 0.243 e. The van der Waals surface area contributed by atoms with Gasteiger partial charge in [-0.25, -0.2) is 8.42 Å². The van der Waals surface area contributed by atoms with Crippen LogP contribution in [-0.2, 0) is 26.0 Å². The van der Waals surface area contributed by atoms with Crippen molar-refractivity contribution in [2.24, 2.45) is 0 Å². The molecule has 1 fully saturated rings. The number of aryl methyl sites for hydroxylation is 2.